The van der Waals surface area contributed by atoms with E-state index in [-0.39, 0.29) is 5.91 Å². The van der Waals surface area contributed by atoms with Crippen molar-refractivity contribution >= 4 is 11.6 Å². The molecule has 0 aromatic heterocycles. The number of rotatable bonds is 3. The van der Waals surface area contributed by atoms with Gasteiger partial charge >= 0.3 is 0 Å². The number of ether oxygens (including phenoxy) is 1. The molecule has 1 aromatic carbocycles. The molecule has 4 heteroatoms. The monoisotopic (exact) mass is 248 g/mol. The number of hydrogen-bond acceptors (Lipinski definition) is 3. The van der Waals surface area contributed by atoms with Gasteiger partial charge in [0.15, 0.2) is 0 Å². The van der Waals surface area contributed by atoms with Gasteiger partial charge in [-0.3, -0.25) is 4.79 Å². The predicted octanol–water partition coefficient (Wildman–Crippen LogP) is 1.45. The van der Waals surface area contributed by atoms with E-state index in [1.54, 1.807) is 0 Å². The summed E-state index contributed by atoms with van der Waals surface area (Å²) in [4.78, 5) is 14.0. The Balaban J connectivity index is 1.94. The van der Waals surface area contributed by atoms with Crippen molar-refractivity contribution in [3.8, 4) is 0 Å². The number of nitrogen functional groups attached to an aromatic ring is 1. The summed E-state index contributed by atoms with van der Waals surface area (Å²) in [5.74, 6) is 0.146. The van der Waals surface area contributed by atoms with Gasteiger partial charge in [-0.1, -0.05) is 12.1 Å². The highest BCUT2D eigenvalue weighted by atomic mass is 16.5. The second kappa shape index (κ2) is 5.87. The Morgan fingerprint density at radius 2 is 2.17 bits per heavy atom. The summed E-state index contributed by atoms with van der Waals surface area (Å²) in [6, 6.07) is 7.82. The molecule has 4 nitrogen and oxygen atoms in total. The molecule has 0 spiro atoms. The van der Waals surface area contributed by atoms with Gasteiger partial charge in [0, 0.05) is 32.0 Å². The number of nitrogens with zero attached hydrogens (tertiary/aromatic N) is 1. The van der Waals surface area contributed by atoms with Crippen molar-refractivity contribution in [1.29, 1.82) is 0 Å². The third-order valence-electron chi connectivity index (χ3n) is 3.44. The maximum Gasteiger partial charge on any atom is 0.226 e. The highest BCUT2D eigenvalue weighted by Gasteiger charge is 2.22. The molecule has 0 bridgehead atoms. The van der Waals surface area contributed by atoms with Crippen LogP contribution in [0.3, 0.4) is 0 Å². The molecule has 1 fully saturated rings. The van der Waals surface area contributed by atoms with Crippen molar-refractivity contribution < 1.29 is 9.53 Å². The molecule has 0 saturated carbocycles. The summed E-state index contributed by atoms with van der Waals surface area (Å²) in [6.45, 7) is 1.50. The van der Waals surface area contributed by atoms with Gasteiger partial charge < -0.3 is 15.4 Å². The Kier molecular flexibility index (Phi) is 4.20. The van der Waals surface area contributed by atoms with Crippen LogP contribution in [-0.2, 0) is 16.0 Å². The number of benzene rings is 1. The Morgan fingerprint density at radius 1 is 1.44 bits per heavy atom. The molecule has 0 atom stereocenters. The van der Waals surface area contributed by atoms with Crippen LogP contribution in [0.15, 0.2) is 24.3 Å². The molecular formula is C14H20N2O2. The zero-order valence-corrected chi connectivity index (χ0v) is 10.8. The topological polar surface area (TPSA) is 55.6 Å². The summed E-state index contributed by atoms with van der Waals surface area (Å²) in [6.07, 6.45) is 2.28. The van der Waals surface area contributed by atoms with Gasteiger partial charge in [-0.2, -0.15) is 0 Å². The average molecular weight is 248 g/mol. The van der Waals surface area contributed by atoms with Crippen LogP contribution in [-0.4, -0.2) is 37.1 Å². The van der Waals surface area contributed by atoms with Crippen LogP contribution in [0.2, 0.25) is 0 Å². The van der Waals surface area contributed by atoms with Crippen LogP contribution in [0, 0.1) is 0 Å². The second-order valence-electron chi connectivity index (χ2n) is 4.77. The average Bonchev–Trinajstić information content (AvgIpc) is 2.39. The minimum absolute atomic E-state index is 0.146. The molecule has 0 aliphatic carbocycles. The molecule has 1 saturated heterocycles. The van der Waals surface area contributed by atoms with Crippen molar-refractivity contribution in [2.45, 2.75) is 25.3 Å². The molecule has 2 N–H and O–H groups in total. The molecule has 1 aliphatic heterocycles. The van der Waals surface area contributed by atoms with Crippen LogP contribution >= 0.6 is 0 Å². The van der Waals surface area contributed by atoms with E-state index in [2.05, 4.69) is 0 Å². The van der Waals surface area contributed by atoms with E-state index >= 15 is 0 Å². The van der Waals surface area contributed by atoms with Gasteiger partial charge in [0.2, 0.25) is 5.91 Å². The first-order valence-electron chi connectivity index (χ1n) is 6.34. The summed E-state index contributed by atoms with van der Waals surface area (Å²) in [5.41, 5.74) is 7.39. The normalized spacial score (nSPS) is 16.5. The predicted molar refractivity (Wildman–Crippen MR) is 71.2 cm³/mol. The number of hydrogen-bond donors (Lipinski definition) is 1. The molecule has 1 aliphatic rings. The van der Waals surface area contributed by atoms with E-state index in [0.29, 0.717) is 18.2 Å². The van der Waals surface area contributed by atoms with Gasteiger partial charge in [-0.25, -0.2) is 0 Å². The first kappa shape index (κ1) is 12.9. The minimum Gasteiger partial charge on any atom is -0.399 e. The van der Waals surface area contributed by atoms with E-state index in [1.807, 2.05) is 36.2 Å². The highest BCUT2D eigenvalue weighted by molar-refractivity contribution is 5.79. The van der Waals surface area contributed by atoms with Gasteiger partial charge in [0.05, 0.1) is 6.42 Å². The molecule has 18 heavy (non-hydrogen) atoms. The molecule has 0 unspecified atom stereocenters. The van der Waals surface area contributed by atoms with Crippen molar-refractivity contribution in [3.05, 3.63) is 29.8 Å². The molecule has 1 heterocycles. The summed E-state index contributed by atoms with van der Waals surface area (Å²) in [5, 5.41) is 0. The van der Waals surface area contributed by atoms with Gasteiger partial charge in [0.1, 0.15) is 0 Å². The largest absolute Gasteiger partial charge is 0.399 e. The Labute approximate surface area is 108 Å². The Morgan fingerprint density at radius 3 is 2.83 bits per heavy atom. The zero-order valence-electron chi connectivity index (χ0n) is 10.8. The molecule has 98 valence electrons. The fraction of sp³-hybridized carbons (Fsp3) is 0.500. The van der Waals surface area contributed by atoms with Gasteiger partial charge in [-0.05, 0) is 30.5 Å². The number of likely N-dealkylation sites (N-methyl/N-ethyl adjacent to an activating group) is 1. The number of anilines is 1. The summed E-state index contributed by atoms with van der Waals surface area (Å²) < 4.78 is 5.31. The van der Waals surface area contributed by atoms with Gasteiger partial charge in [0.25, 0.3) is 0 Å². The summed E-state index contributed by atoms with van der Waals surface area (Å²) >= 11 is 0. The minimum atomic E-state index is 0.146. The fourth-order valence-corrected chi connectivity index (χ4v) is 2.28. The van der Waals surface area contributed by atoms with Crippen molar-refractivity contribution in [3.63, 3.8) is 0 Å². The maximum absolute atomic E-state index is 12.2. The van der Waals surface area contributed by atoms with Crippen LogP contribution in [0.4, 0.5) is 5.69 Å². The molecule has 1 amide bonds. The summed E-state index contributed by atoms with van der Waals surface area (Å²) in [7, 11) is 1.88. The van der Waals surface area contributed by atoms with Crippen LogP contribution < -0.4 is 5.73 Å². The van der Waals surface area contributed by atoms with Crippen LogP contribution in [0.25, 0.3) is 0 Å². The van der Waals surface area contributed by atoms with Crippen molar-refractivity contribution in [2.24, 2.45) is 0 Å². The number of carbonyl (C=O) groups is 1. The lowest BCUT2D eigenvalue weighted by Crippen LogP contribution is -2.41. The lowest BCUT2D eigenvalue weighted by atomic mass is 10.1. The van der Waals surface area contributed by atoms with Gasteiger partial charge in [-0.15, -0.1) is 0 Å². The lowest BCUT2D eigenvalue weighted by Gasteiger charge is -2.31. The first-order valence-corrected chi connectivity index (χ1v) is 6.34. The van der Waals surface area contributed by atoms with E-state index in [0.717, 1.165) is 31.6 Å². The van der Waals surface area contributed by atoms with Crippen LogP contribution in [0.5, 0.6) is 0 Å². The third kappa shape index (κ3) is 3.23. The molecular weight excluding hydrogens is 228 g/mol. The standard InChI is InChI=1S/C14H20N2O2/c1-16(13-5-7-18-8-6-13)14(17)10-11-3-2-4-12(15)9-11/h2-4,9,13H,5-8,10,15H2,1H3. The zero-order chi connectivity index (χ0) is 13.0. The Bertz CT molecular complexity index is 414. The van der Waals surface area contributed by atoms with Crippen molar-refractivity contribution in [1.82, 2.24) is 4.90 Å². The molecule has 0 radical (unpaired) electrons. The number of amides is 1. The third-order valence-corrected chi connectivity index (χ3v) is 3.44. The second-order valence-corrected chi connectivity index (χ2v) is 4.77. The number of carbonyl (C=O) groups excluding carboxylic acids is 1. The Hall–Kier alpha value is -1.55. The van der Waals surface area contributed by atoms with Crippen LogP contribution in [0.1, 0.15) is 18.4 Å². The molecule has 2 rings (SSSR count). The van der Waals surface area contributed by atoms with E-state index in [9.17, 15) is 4.79 Å². The smallest absolute Gasteiger partial charge is 0.226 e. The fourth-order valence-electron chi connectivity index (χ4n) is 2.28. The highest BCUT2D eigenvalue weighted by Crippen LogP contribution is 2.15. The molecule has 1 aromatic rings. The van der Waals surface area contributed by atoms with Crippen molar-refractivity contribution in [2.75, 3.05) is 26.0 Å². The quantitative estimate of drug-likeness (QED) is 0.824. The van der Waals surface area contributed by atoms with E-state index in [1.165, 1.54) is 0 Å². The van der Waals surface area contributed by atoms with E-state index < -0.39 is 0 Å². The maximum atomic E-state index is 12.2. The first-order chi connectivity index (χ1) is 8.66. The lowest BCUT2D eigenvalue weighted by molar-refractivity contribution is -0.132. The SMILES string of the molecule is CN(C(=O)Cc1cccc(N)c1)C1CCOCC1. The number of nitrogens with two attached hydrogens (primary N) is 1. The van der Waals surface area contributed by atoms with E-state index in [4.69, 9.17) is 10.5 Å².